The van der Waals surface area contributed by atoms with Crippen molar-refractivity contribution in [2.24, 2.45) is 0 Å². The Morgan fingerprint density at radius 3 is 1.41 bits per heavy atom. The van der Waals surface area contributed by atoms with Crippen LogP contribution in [0.2, 0.25) is 0 Å². The number of phenolic OH excluding ortho intramolecular Hbond substituents is 2. The first-order chi connectivity index (χ1) is 10.2. The van der Waals surface area contributed by atoms with Crippen LogP contribution < -0.4 is 10.6 Å². The van der Waals surface area contributed by atoms with Gasteiger partial charge in [-0.15, -0.1) is 0 Å². The Morgan fingerprint density at radius 1 is 0.727 bits per heavy atom. The van der Waals surface area contributed by atoms with Gasteiger partial charge < -0.3 is 10.2 Å². The number of aromatic hydroxyl groups is 2. The van der Waals surface area contributed by atoms with E-state index in [4.69, 9.17) is 0 Å². The van der Waals surface area contributed by atoms with Gasteiger partial charge in [-0.1, -0.05) is 26.0 Å². The fraction of sp³-hybridized carbons (Fsp3) is 0.368. The Labute approximate surface area is 134 Å². The molecule has 0 aliphatic heterocycles. The molecule has 2 rings (SSSR count). The van der Waals surface area contributed by atoms with Gasteiger partial charge in [0.25, 0.3) is 0 Å². The molecule has 0 atom stereocenters. The highest BCUT2D eigenvalue weighted by Gasteiger charge is 2.25. The molecule has 0 spiro atoms. The molecule has 2 aromatic rings. The van der Waals surface area contributed by atoms with Crippen LogP contribution in [0.5, 0.6) is 11.5 Å². The highest BCUT2D eigenvalue weighted by Crippen LogP contribution is 2.45. The highest BCUT2D eigenvalue weighted by atomic mass is 31.1. The maximum absolute atomic E-state index is 10.6. The zero-order valence-electron chi connectivity index (χ0n) is 14.2. The number of phenols is 2. The van der Waals surface area contributed by atoms with Crippen molar-refractivity contribution >= 4 is 18.5 Å². The van der Waals surface area contributed by atoms with E-state index in [1.807, 2.05) is 39.8 Å². The molecule has 0 radical (unpaired) electrons. The van der Waals surface area contributed by atoms with Crippen molar-refractivity contribution in [2.75, 3.05) is 0 Å². The third-order valence-electron chi connectivity index (χ3n) is 3.88. The lowest BCUT2D eigenvalue weighted by Crippen LogP contribution is -2.20. The second-order valence-corrected chi connectivity index (χ2v) is 9.10. The summed E-state index contributed by atoms with van der Waals surface area (Å²) in [6.07, 6.45) is 0. The first-order valence-corrected chi connectivity index (χ1v) is 9.03. The quantitative estimate of drug-likeness (QED) is 0.834. The maximum Gasteiger partial charge on any atom is 0.126 e. The lowest BCUT2D eigenvalue weighted by Gasteiger charge is -2.26. The van der Waals surface area contributed by atoms with Gasteiger partial charge in [-0.25, -0.2) is 0 Å². The predicted molar refractivity (Wildman–Crippen MR) is 96.5 cm³/mol. The molecule has 0 saturated heterocycles. The van der Waals surface area contributed by atoms with Crippen molar-refractivity contribution in [1.29, 1.82) is 0 Å². The van der Waals surface area contributed by atoms with Gasteiger partial charge in [0, 0.05) is 10.6 Å². The van der Waals surface area contributed by atoms with Crippen molar-refractivity contribution in [2.45, 2.75) is 47.2 Å². The molecule has 0 aliphatic carbocycles. The average Bonchev–Trinajstić information content (AvgIpc) is 2.40. The third-order valence-corrected chi connectivity index (χ3v) is 6.64. The van der Waals surface area contributed by atoms with Gasteiger partial charge in [0.05, 0.1) is 0 Å². The standard InChI is InChI=1S/C19H25O2P/c1-11(2)22(16-9-12(3)7-14(5)18(16)20)17-10-13(4)8-15(6)19(17)21/h7-11,20-21H,1-6H3. The smallest absolute Gasteiger partial charge is 0.126 e. The van der Waals surface area contributed by atoms with Crippen molar-refractivity contribution in [3.63, 3.8) is 0 Å². The zero-order valence-corrected chi connectivity index (χ0v) is 15.1. The minimum atomic E-state index is -0.816. The second kappa shape index (κ2) is 6.30. The molecule has 22 heavy (non-hydrogen) atoms. The molecule has 0 aromatic heterocycles. The highest BCUT2D eigenvalue weighted by molar-refractivity contribution is 7.74. The van der Waals surface area contributed by atoms with Gasteiger partial charge in [-0.2, -0.15) is 0 Å². The van der Waals surface area contributed by atoms with Crippen LogP contribution in [0, 0.1) is 27.7 Å². The maximum atomic E-state index is 10.6. The van der Waals surface area contributed by atoms with Crippen LogP contribution in [-0.2, 0) is 0 Å². The normalized spacial score (nSPS) is 11.5. The predicted octanol–water partition coefficient (Wildman–Crippen LogP) is 4.17. The van der Waals surface area contributed by atoms with Gasteiger partial charge >= 0.3 is 0 Å². The largest absolute Gasteiger partial charge is 0.507 e. The van der Waals surface area contributed by atoms with E-state index in [1.54, 1.807) is 0 Å². The molecule has 2 aromatic carbocycles. The monoisotopic (exact) mass is 316 g/mol. The van der Waals surface area contributed by atoms with E-state index in [9.17, 15) is 10.2 Å². The summed E-state index contributed by atoms with van der Waals surface area (Å²) in [5.74, 6) is 0.730. The first-order valence-electron chi connectivity index (χ1n) is 7.62. The van der Waals surface area contributed by atoms with Gasteiger partial charge in [0.15, 0.2) is 0 Å². The Hall–Kier alpha value is -1.53. The summed E-state index contributed by atoms with van der Waals surface area (Å²) in [6.45, 7) is 12.3. The zero-order chi connectivity index (χ0) is 16.6. The first kappa shape index (κ1) is 16.8. The van der Waals surface area contributed by atoms with Crippen LogP contribution in [0.3, 0.4) is 0 Å². The van der Waals surface area contributed by atoms with Crippen molar-refractivity contribution in [3.05, 3.63) is 46.5 Å². The van der Waals surface area contributed by atoms with Gasteiger partial charge in [-0.05, 0) is 75.7 Å². The molecular weight excluding hydrogens is 291 g/mol. The summed E-state index contributed by atoms with van der Waals surface area (Å²) in [5.41, 5.74) is 4.40. The van der Waals surface area contributed by atoms with E-state index in [-0.39, 0.29) is 0 Å². The molecule has 0 amide bonds. The Morgan fingerprint density at radius 2 is 1.09 bits per heavy atom. The van der Waals surface area contributed by atoms with E-state index in [1.165, 1.54) is 0 Å². The van der Waals surface area contributed by atoms with E-state index in [2.05, 4.69) is 26.0 Å². The fourth-order valence-electron chi connectivity index (χ4n) is 2.93. The molecule has 0 bridgehead atoms. The molecule has 2 nitrogen and oxygen atoms in total. The summed E-state index contributed by atoms with van der Waals surface area (Å²) < 4.78 is 0. The molecule has 118 valence electrons. The Bertz CT molecular complexity index is 648. The van der Waals surface area contributed by atoms with Crippen LogP contribution in [-0.4, -0.2) is 15.9 Å². The summed E-state index contributed by atoms with van der Waals surface area (Å²) in [6, 6.07) is 8.11. The van der Waals surface area contributed by atoms with Crippen LogP contribution in [0.25, 0.3) is 0 Å². The molecule has 0 fully saturated rings. The second-order valence-electron chi connectivity index (χ2n) is 6.36. The van der Waals surface area contributed by atoms with Gasteiger partial charge in [-0.3, -0.25) is 0 Å². The molecule has 2 N–H and O–H groups in total. The molecule has 0 saturated carbocycles. The Kier molecular flexibility index (Phi) is 4.82. The minimum Gasteiger partial charge on any atom is -0.507 e. The third kappa shape index (κ3) is 3.13. The van der Waals surface area contributed by atoms with Crippen LogP contribution in [0.15, 0.2) is 24.3 Å². The lowest BCUT2D eigenvalue weighted by molar-refractivity contribution is 0.474. The van der Waals surface area contributed by atoms with Crippen LogP contribution >= 0.6 is 7.92 Å². The van der Waals surface area contributed by atoms with Gasteiger partial charge in [0.1, 0.15) is 11.5 Å². The molecule has 3 heteroatoms. The number of rotatable bonds is 3. The van der Waals surface area contributed by atoms with Gasteiger partial charge in [0.2, 0.25) is 0 Å². The van der Waals surface area contributed by atoms with Crippen molar-refractivity contribution in [3.8, 4) is 11.5 Å². The Balaban J connectivity index is 2.73. The summed E-state index contributed by atoms with van der Waals surface area (Å²) in [4.78, 5) is 0. The SMILES string of the molecule is Cc1cc(C)c(O)c(P(c2cc(C)cc(C)c2O)C(C)C)c1. The molecule has 0 unspecified atom stereocenters. The minimum absolute atomic E-state index is 0.328. The number of hydrogen-bond acceptors (Lipinski definition) is 2. The lowest BCUT2D eigenvalue weighted by atomic mass is 10.1. The van der Waals surface area contributed by atoms with Crippen LogP contribution in [0.1, 0.15) is 36.1 Å². The number of aryl methyl sites for hydroxylation is 4. The van der Waals surface area contributed by atoms with Crippen molar-refractivity contribution < 1.29 is 10.2 Å². The molecular formula is C19H25O2P. The number of hydrogen-bond donors (Lipinski definition) is 2. The fourth-order valence-corrected chi connectivity index (χ4v) is 5.80. The topological polar surface area (TPSA) is 40.5 Å². The van der Waals surface area contributed by atoms with Crippen LogP contribution in [0.4, 0.5) is 0 Å². The van der Waals surface area contributed by atoms with Crippen molar-refractivity contribution in [1.82, 2.24) is 0 Å². The summed E-state index contributed by atoms with van der Waals surface area (Å²) >= 11 is 0. The van der Waals surface area contributed by atoms with E-state index < -0.39 is 7.92 Å². The van der Waals surface area contributed by atoms with E-state index in [0.717, 1.165) is 32.9 Å². The summed E-state index contributed by atoms with van der Waals surface area (Å²) in [5, 5.41) is 23.1. The molecule has 0 heterocycles. The number of benzene rings is 2. The summed E-state index contributed by atoms with van der Waals surface area (Å²) in [7, 11) is -0.816. The molecule has 0 aliphatic rings. The van der Waals surface area contributed by atoms with E-state index in [0.29, 0.717) is 17.2 Å². The van der Waals surface area contributed by atoms with E-state index >= 15 is 0 Å². The average molecular weight is 316 g/mol.